The summed E-state index contributed by atoms with van der Waals surface area (Å²) >= 11 is 0. The van der Waals surface area contributed by atoms with Gasteiger partial charge in [-0.2, -0.15) is 0 Å². The number of rotatable bonds is 3. The van der Waals surface area contributed by atoms with Crippen molar-refractivity contribution in [2.45, 2.75) is 19.3 Å². The van der Waals surface area contributed by atoms with Gasteiger partial charge in [0.25, 0.3) is 0 Å². The standard InChI is InChI=1S/C15H14O3/c1-18-14(16)4-2-3-11-5-7-12(8-6-11)15(17)13-9-10-13/h5-8,13H,4,9-10H2,1H3. The molecule has 1 aromatic rings. The third kappa shape index (κ3) is 3.21. The molecule has 1 aliphatic rings. The van der Waals surface area contributed by atoms with E-state index in [1.54, 1.807) is 24.3 Å². The lowest BCUT2D eigenvalue weighted by Gasteiger charge is -1.98. The van der Waals surface area contributed by atoms with Crippen molar-refractivity contribution in [2.24, 2.45) is 5.92 Å². The van der Waals surface area contributed by atoms with Gasteiger partial charge in [-0.15, -0.1) is 0 Å². The summed E-state index contributed by atoms with van der Waals surface area (Å²) in [6, 6.07) is 7.20. The zero-order chi connectivity index (χ0) is 13.0. The number of hydrogen-bond donors (Lipinski definition) is 0. The van der Waals surface area contributed by atoms with Crippen LogP contribution < -0.4 is 0 Å². The lowest BCUT2D eigenvalue weighted by molar-refractivity contribution is -0.139. The van der Waals surface area contributed by atoms with Gasteiger partial charge in [0, 0.05) is 17.0 Å². The topological polar surface area (TPSA) is 43.4 Å². The molecular weight excluding hydrogens is 228 g/mol. The maximum absolute atomic E-state index is 11.8. The number of ether oxygens (including phenoxy) is 1. The summed E-state index contributed by atoms with van der Waals surface area (Å²) in [5, 5.41) is 0. The Morgan fingerprint density at radius 3 is 2.50 bits per heavy atom. The van der Waals surface area contributed by atoms with Crippen LogP contribution in [-0.2, 0) is 9.53 Å². The molecule has 3 heteroatoms. The van der Waals surface area contributed by atoms with Crippen LogP contribution in [0.2, 0.25) is 0 Å². The van der Waals surface area contributed by atoms with Crippen molar-refractivity contribution in [3.8, 4) is 11.8 Å². The lowest BCUT2D eigenvalue weighted by atomic mass is 10.1. The van der Waals surface area contributed by atoms with Gasteiger partial charge >= 0.3 is 5.97 Å². The summed E-state index contributed by atoms with van der Waals surface area (Å²) in [6.07, 6.45) is 2.11. The maximum Gasteiger partial charge on any atom is 0.317 e. The molecule has 0 amide bonds. The van der Waals surface area contributed by atoms with Crippen LogP contribution in [0.3, 0.4) is 0 Å². The second-order valence-electron chi connectivity index (χ2n) is 4.27. The molecule has 0 aromatic heterocycles. The number of benzene rings is 1. The number of methoxy groups -OCH3 is 1. The summed E-state index contributed by atoms with van der Waals surface area (Å²) in [7, 11) is 1.34. The van der Waals surface area contributed by atoms with E-state index in [0.29, 0.717) is 0 Å². The van der Waals surface area contributed by atoms with Crippen LogP contribution in [0.4, 0.5) is 0 Å². The highest BCUT2D eigenvalue weighted by Crippen LogP contribution is 2.32. The van der Waals surface area contributed by atoms with Crippen LogP contribution in [0.5, 0.6) is 0 Å². The SMILES string of the molecule is COC(=O)CC#Cc1ccc(C(=O)C2CC2)cc1. The molecule has 0 spiro atoms. The first-order chi connectivity index (χ1) is 8.70. The quantitative estimate of drug-likeness (QED) is 0.463. The Hall–Kier alpha value is -2.08. The second kappa shape index (κ2) is 5.50. The molecule has 0 unspecified atom stereocenters. The minimum atomic E-state index is -0.344. The first-order valence-electron chi connectivity index (χ1n) is 5.90. The average Bonchev–Trinajstić information content (AvgIpc) is 3.23. The zero-order valence-electron chi connectivity index (χ0n) is 10.2. The van der Waals surface area contributed by atoms with Crippen molar-refractivity contribution in [3.05, 3.63) is 35.4 Å². The van der Waals surface area contributed by atoms with Gasteiger partial charge in [0.1, 0.15) is 6.42 Å². The summed E-state index contributed by atoms with van der Waals surface area (Å²) < 4.78 is 4.49. The van der Waals surface area contributed by atoms with Crippen LogP contribution in [0.15, 0.2) is 24.3 Å². The molecule has 92 valence electrons. The molecule has 1 aliphatic carbocycles. The van der Waals surface area contributed by atoms with Gasteiger partial charge in [-0.05, 0) is 25.0 Å². The summed E-state index contributed by atoms with van der Waals surface area (Å²) in [4.78, 5) is 22.6. The zero-order valence-corrected chi connectivity index (χ0v) is 10.2. The van der Waals surface area contributed by atoms with Crippen LogP contribution in [0.25, 0.3) is 0 Å². The second-order valence-corrected chi connectivity index (χ2v) is 4.27. The van der Waals surface area contributed by atoms with Crippen LogP contribution in [0.1, 0.15) is 35.2 Å². The minimum Gasteiger partial charge on any atom is -0.468 e. The highest BCUT2D eigenvalue weighted by atomic mass is 16.5. The molecular formula is C15H14O3. The third-order valence-corrected chi connectivity index (χ3v) is 2.81. The van der Waals surface area contributed by atoms with Gasteiger partial charge < -0.3 is 4.74 Å². The van der Waals surface area contributed by atoms with Gasteiger partial charge in [-0.25, -0.2) is 0 Å². The molecule has 0 saturated heterocycles. The van der Waals surface area contributed by atoms with Crippen molar-refractivity contribution in [1.82, 2.24) is 0 Å². The van der Waals surface area contributed by atoms with E-state index in [9.17, 15) is 9.59 Å². The molecule has 0 radical (unpaired) electrons. The molecule has 3 nitrogen and oxygen atoms in total. The first-order valence-corrected chi connectivity index (χ1v) is 5.90. The van der Waals surface area contributed by atoms with E-state index in [2.05, 4.69) is 16.6 Å². The number of carbonyl (C=O) groups excluding carboxylic acids is 2. The van der Waals surface area contributed by atoms with E-state index >= 15 is 0 Å². The van der Waals surface area contributed by atoms with E-state index in [1.807, 2.05) is 0 Å². The first kappa shape index (κ1) is 12.4. The van der Waals surface area contributed by atoms with Gasteiger partial charge in [-0.1, -0.05) is 24.0 Å². The Balaban J connectivity index is 1.98. The van der Waals surface area contributed by atoms with E-state index in [-0.39, 0.29) is 24.1 Å². The number of carbonyl (C=O) groups is 2. The molecule has 1 aromatic carbocycles. The molecule has 2 rings (SSSR count). The number of esters is 1. The van der Waals surface area contributed by atoms with Gasteiger partial charge in [-0.3, -0.25) is 9.59 Å². The van der Waals surface area contributed by atoms with Crippen molar-refractivity contribution in [1.29, 1.82) is 0 Å². The largest absolute Gasteiger partial charge is 0.468 e. The van der Waals surface area contributed by atoms with E-state index in [4.69, 9.17) is 0 Å². The minimum absolute atomic E-state index is 0.0826. The Morgan fingerprint density at radius 2 is 1.94 bits per heavy atom. The van der Waals surface area contributed by atoms with Gasteiger partial charge in [0.15, 0.2) is 5.78 Å². The van der Waals surface area contributed by atoms with Crippen molar-refractivity contribution in [2.75, 3.05) is 7.11 Å². The molecule has 1 saturated carbocycles. The molecule has 0 bridgehead atoms. The lowest BCUT2D eigenvalue weighted by Crippen LogP contribution is -2.00. The number of hydrogen-bond acceptors (Lipinski definition) is 3. The van der Waals surface area contributed by atoms with E-state index in [1.165, 1.54) is 7.11 Å². The van der Waals surface area contributed by atoms with Crippen molar-refractivity contribution >= 4 is 11.8 Å². The van der Waals surface area contributed by atoms with Crippen LogP contribution in [-0.4, -0.2) is 18.9 Å². The number of ketones is 1. The third-order valence-electron chi connectivity index (χ3n) is 2.81. The fourth-order valence-corrected chi connectivity index (χ4v) is 1.59. The van der Waals surface area contributed by atoms with Crippen molar-refractivity contribution < 1.29 is 14.3 Å². The van der Waals surface area contributed by atoms with Crippen molar-refractivity contribution in [3.63, 3.8) is 0 Å². The fourth-order valence-electron chi connectivity index (χ4n) is 1.59. The maximum atomic E-state index is 11.8. The summed E-state index contributed by atoms with van der Waals surface area (Å²) in [6.45, 7) is 0. The Kier molecular flexibility index (Phi) is 3.78. The number of Topliss-reactive ketones (excluding diaryl/α,β-unsaturated/α-hetero) is 1. The monoisotopic (exact) mass is 242 g/mol. The summed E-state index contributed by atoms with van der Waals surface area (Å²) in [5.74, 6) is 5.70. The normalized spacial score (nSPS) is 13.4. The molecule has 1 fully saturated rings. The highest BCUT2D eigenvalue weighted by Gasteiger charge is 2.30. The van der Waals surface area contributed by atoms with Crippen LogP contribution >= 0.6 is 0 Å². The predicted molar refractivity (Wildman–Crippen MR) is 67.0 cm³/mol. The van der Waals surface area contributed by atoms with E-state index < -0.39 is 0 Å². The average molecular weight is 242 g/mol. The Morgan fingerprint density at radius 1 is 1.28 bits per heavy atom. The highest BCUT2D eigenvalue weighted by molar-refractivity contribution is 5.99. The predicted octanol–water partition coefficient (Wildman–Crippen LogP) is 2.19. The molecule has 0 aliphatic heterocycles. The van der Waals surface area contributed by atoms with E-state index in [0.717, 1.165) is 24.0 Å². The fraction of sp³-hybridized carbons (Fsp3) is 0.333. The Bertz CT molecular complexity index is 513. The summed E-state index contributed by atoms with van der Waals surface area (Å²) in [5.41, 5.74) is 1.54. The molecule has 0 atom stereocenters. The molecule has 0 heterocycles. The van der Waals surface area contributed by atoms with Crippen LogP contribution in [0, 0.1) is 17.8 Å². The Labute approximate surface area is 106 Å². The smallest absolute Gasteiger partial charge is 0.317 e. The molecule has 0 N–H and O–H groups in total. The van der Waals surface area contributed by atoms with Gasteiger partial charge in [0.05, 0.1) is 7.11 Å². The van der Waals surface area contributed by atoms with Gasteiger partial charge in [0.2, 0.25) is 0 Å². The molecule has 18 heavy (non-hydrogen) atoms.